The van der Waals surface area contributed by atoms with E-state index >= 15 is 0 Å². The van der Waals surface area contributed by atoms with Gasteiger partial charge in [-0.15, -0.1) is 0 Å². The second kappa shape index (κ2) is 4.47. The Hall–Kier alpha value is -1.65. The summed E-state index contributed by atoms with van der Waals surface area (Å²) in [6.07, 6.45) is 5.87. The van der Waals surface area contributed by atoms with Gasteiger partial charge in [-0.3, -0.25) is 19.3 Å². The summed E-state index contributed by atoms with van der Waals surface area (Å²) in [6, 6.07) is 0. The molecule has 4 atom stereocenters. The number of hydrogen-bond acceptors (Lipinski definition) is 3. The number of likely N-dealkylation sites (tertiary alicyclic amines) is 1. The molecule has 5 heteroatoms. The average Bonchev–Trinajstić information content (AvgIpc) is 3.06. The molecule has 3 rings (SSSR count). The van der Waals surface area contributed by atoms with Crippen molar-refractivity contribution in [1.29, 1.82) is 0 Å². The number of nitrogens with zero attached hydrogens (tertiary/aromatic N) is 1. The van der Waals surface area contributed by atoms with Crippen LogP contribution in [-0.4, -0.2) is 35.7 Å². The Morgan fingerprint density at radius 1 is 1.26 bits per heavy atom. The van der Waals surface area contributed by atoms with Crippen LogP contribution in [0.3, 0.4) is 0 Å². The van der Waals surface area contributed by atoms with Crippen molar-refractivity contribution in [3.8, 4) is 0 Å². The molecule has 1 saturated heterocycles. The highest BCUT2D eigenvalue weighted by Crippen LogP contribution is 2.52. The van der Waals surface area contributed by atoms with Crippen molar-refractivity contribution >= 4 is 17.7 Å². The first-order valence-corrected chi connectivity index (χ1v) is 6.93. The van der Waals surface area contributed by atoms with Gasteiger partial charge in [-0.05, 0) is 24.7 Å². The molecule has 0 aromatic carbocycles. The molecule has 2 fully saturated rings. The van der Waals surface area contributed by atoms with Gasteiger partial charge in [0.25, 0.3) is 0 Å². The van der Waals surface area contributed by atoms with Gasteiger partial charge in [0.15, 0.2) is 0 Å². The number of nitrogens with one attached hydrogen (secondary N) is 1. The highest BCUT2D eigenvalue weighted by atomic mass is 16.2. The van der Waals surface area contributed by atoms with Crippen molar-refractivity contribution in [2.45, 2.75) is 19.8 Å². The lowest BCUT2D eigenvalue weighted by Gasteiger charge is -2.16. The fourth-order valence-electron chi connectivity index (χ4n) is 3.58. The van der Waals surface area contributed by atoms with Crippen molar-refractivity contribution in [1.82, 2.24) is 10.2 Å². The number of fused-ring (bicyclic) bond motifs is 5. The molecule has 1 aliphatic heterocycles. The second-order valence-electron chi connectivity index (χ2n) is 5.61. The third-order valence-electron chi connectivity index (χ3n) is 4.44. The van der Waals surface area contributed by atoms with Gasteiger partial charge < -0.3 is 5.32 Å². The largest absolute Gasteiger partial charge is 0.355 e. The van der Waals surface area contributed by atoms with Crippen LogP contribution in [-0.2, 0) is 14.4 Å². The van der Waals surface area contributed by atoms with Crippen LogP contribution in [0, 0.1) is 23.7 Å². The fraction of sp³-hybridized carbons (Fsp3) is 0.643. The maximum atomic E-state index is 12.3. The molecule has 2 aliphatic carbocycles. The molecule has 1 heterocycles. The van der Waals surface area contributed by atoms with Gasteiger partial charge in [0.05, 0.1) is 11.8 Å². The van der Waals surface area contributed by atoms with Crippen LogP contribution in [0.4, 0.5) is 0 Å². The minimum atomic E-state index is -0.246. The summed E-state index contributed by atoms with van der Waals surface area (Å²) in [5.74, 6) is -0.561. The predicted molar refractivity (Wildman–Crippen MR) is 67.7 cm³/mol. The first kappa shape index (κ1) is 12.4. The Balaban J connectivity index is 1.70. The molecule has 2 bridgehead atoms. The molecule has 1 saturated carbocycles. The van der Waals surface area contributed by atoms with Crippen LogP contribution < -0.4 is 5.32 Å². The van der Waals surface area contributed by atoms with Crippen molar-refractivity contribution in [3.63, 3.8) is 0 Å². The van der Waals surface area contributed by atoms with E-state index in [2.05, 4.69) is 17.5 Å². The molecule has 5 nitrogen and oxygen atoms in total. The smallest absolute Gasteiger partial charge is 0.240 e. The lowest BCUT2D eigenvalue weighted by Crippen LogP contribution is -2.42. The molecule has 1 N–H and O–H groups in total. The molecule has 19 heavy (non-hydrogen) atoms. The Morgan fingerprint density at radius 3 is 2.37 bits per heavy atom. The van der Waals surface area contributed by atoms with Crippen molar-refractivity contribution in [2.24, 2.45) is 23.7 Å². The van der Waals surface area contributed by atoms with Crippen molar-refractivity contribution < 1.29 is 14.4 Å². The standard InChI is InChI=1S/C14H18N2O3/c1-2-5-15-10(17)7-16-13(18)11-8-3-4-9(6-8)12(11)14(16)19/h3-4,8-9,11-12H,2,5-7H2,1H3,(H,15,17)/t8-,9-,11+,12+/m0/s1. The molecule has 102 valence electrons. The molecule has 0 spiro atoms. The van der Waals surface area contributed by atoms with Gasteiger partial charge in [-0.2, -0.15) is 0 Å². The van der Waals surface area contributed by atoms with Crippen LogP contribution in [0.15, 0.2) is 12.2 Å². The molecular weight excluding hydrogens is 244 g/mol. The Kier molecular flexibility index (Phi) is 2.92. The van der Waals surface area contributed by atoms with E-state index in [0.29, 0.717) is 6.54 Å². The summed E-state index contributed by atoms with van der Waals surface area (Å²) >= 11 is 0. The van der Waals surface area contributed by atoms with Gasteiger partial charge in [0, 0.05) is 6.54 Å². The Labute approximate surface area is 112 Å². The van der Waals surface area contributed by atoms with Crippen LogP contribution in [0.2, 0.25) is 0 Å². The van der Waals surface area contributed by atoms with E-state index in [4.69, 9.17) is 0 Å². The molecule has 3 aliphatic rings. The van der Waals surface area contributed by atoms with Crippen LogP contribution >= 0.6 is 0 Å². The minimum Gasteiger partial charge on any atom is -0.355 e. The average molecular weight is 262 g/mol. The summed E-state index contributed by atoms with van der Waals surface area (Å²) < 4.78 is 0. The van der Waals surface area contributed by atoms with Gasteiger partial charge in [0.2, 0.25) is 17.7 Å². The molecule has 0 radical (unpaired) electrons. The summed E-state index contributed by atoms with van der Waals surface area (Å²) in [5.41, 5.74) is 0. The quantitative estimate of drug-likeness (QED) is 0.586. The summed E-state index contributed by atoms with van der Waals surface area (Å²) in [6.45, 7) is 2.42. The second-order valence-corrected chi connectivity index (χ2v) is 5.61. The monoisotopic (exact) mass is 262 g/mol. The van der Waals surface area contributed by atoms with Crippen molar-refractivity contribution in [2.75, 3.05) is 13.1 Å². The first-order chi connectivity index (χ1) is 9.13. The lowest BCUT2D eigenvalue weighted by molar-refractivity contribution is -0.144. The van der Waals surface area contributed by atoms with E-state index in [0.717, 1.165) is 17.7 Å². The zero-order valence-corrected chi connectivity index (χ0v) is 11.0. The predicted octanol–water partition coefficient (Wildman–Crippen LogP) is 0.320. The van der Waals surface area contributed by atoms with E-state index in [9.17, 15) is 14.4 Å². The number of hydrogen-bond donors (Lipinski definition) is 1. The highest BCUT2D eigenvalue weighted by Gasteiger charge is 2.59. The van der Waals surface area contributed by atoms with Crippen LogP contribution in [0.1, 0.15) is 19.8 Å². The topological polar surface area (TPSA) is 66.5 Å². The van der Waals surface area contributed by atoms with E-state index < -0.39 is 0 Å². The number of imide groups is 1. The van der Waals surface area contributed by atoms with E-state index in [-0.39, 0.29) is 47.9 Å². The number of carbonyl (C=O) groups excluding carboxylic acids is 3. The third kappa shape index (κ3) is 1.79. The number of allylic oxidation sites excluding steroid dienone is 2. The van der Waals surface area contributed by atoms with Gasteiger partial charge in [-0.25, -0.2) is 0 Å². The van der Waals surface area contributed by atoms with Crippen LogP contribution in [0.5, 0.6) is 0 Å². The molecule has 0 aromatic rings. The van der Waals surface area contributed by atoms with Crippen LogP contribution in [0.25, 0.3) is 0 Å². The number of carbonyl (C=O) groups is 3. The van der Waals surface area contributed by atoms with E-state index in [1.54, 1.807) is 0 Å². The molecular formula is C14H18N2O3. The van der Waals surface area contributed by atoms with E-state index in [1.807, 2.05) is 6.92 Å². The lowest BCUT2D eigenvalue weighted by atomic mass is 9.85. The van der Waals surface area contributed by atoms with Gasteiger partial charge >= 0.3 is 0 Å². The number of amides is 3. The third-order valence-corrected chi connectivity index (χ3v) is 4.44. The molecule has 0 aromatic heterocycles. The summed E-state index contributed by atoms with van der Waals surface area (Å²) in [4.78, 5) is 37.4. The summed E-state index contributed by atoms with van der Waals surface area (Å²) in [5, 5.41) is 2.70. The zero-order valence-electron chi connectivity index (χ0n) is 11.0. The maximum absolute atomic E-state index is 12.3. The Morgan fingerprint density at radius 2 is 1.84 bits per heavy atom. The number of rotatable bonds is 4. The normalized spacial score (nSPS) is 35.1. The minimum absolute atomic E-state index is 0.121. The molecule has 0 unspecified atom stereocenters. The first-order valence-electron chi connectivity index (χ1n) is 6.93. The SMILES string of the molecule is CCCNC(=O)CN1C(=O)[C@H]2[C@H](C1=O)[C@H]1C=C[C@H]2C1. The van der Waals surface area contributed by atoms with Gasteiger partial charge in [-0.1, -0.05) is 19.1 Å². The summed E-state index contributed by atoms with van der Waals surface area (Å²) in [7, 11) is 0. The fourth-order valence-corrected chi connectivity index (χ4v) is 3.58. The Bertz CT molecular complexity index is 441. The zero-order chi connectivity index (χ0) is 13.6. The highest BCUT2D eigenvalue weighted by molar-refractivity contribution is 6.08. The van der Waals surface area contributed by atoms with E-state index in [1.165, 1.54) is 0 Å². The molecule has 3 amide bonds. The van der Waals surface area contributed by atoms with Gasteiger partial charge in [0.1, 0.15) is 6.54 Å². The van der Waals surface area contributed by atoms with Crippen molar-refractivity contribution in [3.05, 3.63) is 12.2 Å². The maximum Gasteiger partial charge on any atom is 0.240 e.